The van der Waals surface area contributed by atoms with Gasteiger partial charge in [-0.15, -0.1) is 0 Å². The molecule has 2 aromatic rings. The largest absolute Gasteiger partial charge is 0.497 e. The van der Waals surface area contributed by atoms with Gasteiger partial charge in [-0.05, 0) is 55.5 Å². The van der Waals surface area contributed by atoms with E-state index < -0.39 is 17.9 Å². The van der Waals surface area contributed by atoms with Crippen molar-refractivity contribution in [3.63, 3.8) is 0 Å². The standard InChI is InChI=1S/C28H35N5O6/c1-3-39-28(37)20-4-6-21(7-5-20)30-25(34)18-24-27(36)29-12-13-33(24)26(35)19-31-14-16-32(17-15-31)22-8-10-23(38-2)11-9-22/h4-11,24H,3,12-19H2,1-2H3,(H,29,36)(H,30,34)/t24-/m1/s1. The number of carbonyl (C=O) groups excluding carboxylic acids is 4. The summed E-state index contributed by atoms with van der Waals surface area (Å²) in [5.74, 6) is -0.535. The van der Waals surface area contributed by atoms with Crippen molar-refractivity contribution >= 4 is 35.1 Å². The molecule has 2 aliphatic rings. The number of rotatable bonds is 9. The van der Waals surface area contributed by atoms with E-state index in [9.17, 15) is 19.2 Å². The molecule has 208 valence electrons. The molecule has 2 fully saturated rings. The van der Waals surface area contributed by atoms with Crippen molar-refractivity contribution in [1.82, 2.24) is 15.1 Å². The zero-order chi connectivity index (χ0) is 27.8. The van der Waals surface area contributed by atoms with Crippen LogP contribution in [-0.4, -0.2) is 99.1 Å². The Morgan fingerprint density at radius 2 is 1.67 bits per heavy atom. The summed E-state index contributed by atoms with van der Waals surface area (Å²) in [6.45, 7) is 5.88. The van der Waals surface area contributed by atoms with Crippen molar-refractivity contribution in [2.45, 2.75) is 19.4 Å². The number of benzene rings is 2. The summed E-state index contributed by atoms with van der Waals surface area (Å²) in [5, 5.41) is 5.50. The maximum Gasteiger partial charge on any atom is 0.338 e. The van der Waals surface area contributed by atoms with Crippen LogP contribution in [0.4, 0.5) is 11.4 Å². The normalized spacial score (nSPS) is 17.8. The first-order valence-corrected chi connectivity index (χ1v) is 13.1. The van der Waals surface area contributed by atoms with Crippen LogP contribution in [0.1, 0.15) is 23.7 Å². The monoisotopic (exact) mass is 537 g/mol. The first-order valence-electron chi connectivity index (χ1n) is 13.1. The Labute approximate surface area is 228 Å². The number of hydrogen-bond acceptors (Lipinski definition) is 8. The number of anilines is 2. The van der Waals surface area contributed by atoms with Gasteiger partial charge in [0, 0.05) is 50.6 Å². The average Bonchev–Trinajstić information content (AvgIpc) is 2.95. The minimum Gasteiger partial charge on any atom is -0.497 e. The highest BCUT2D eigenvalue weighted by molar-refractivity contribution is 5.98. The number of amides is 3. The van der Waals surface area contributed by atoms with Crippen LogP contribution in [0.3, 0.4) is 0 Å². The van der Waals surface area contributed by atoms with Crippen LogP contribution in [0.5, 0.6) is 5.75 Å². The molecule has 2 heterocycles. The fraction of sp³-hybridized carbons (Fsp3) is 0.429. The quantitative estimate of drug-likeness (QED) is 0.460. The van der Waals surface area contributed by atoms with Gasteiger partial charge in [-0.25, -0.2) is 4.79 Å². The predicted molar refractivity (Wildman–Crippen MR) is 146 cm³/mol. The Balaban J connectivity index is 1.30. The summed E-state index contributed by atoms with van der Waals surface area (Å²) in [6.07, 6.45) is -0.164. The minimum absolute atomic E-state index is 0.164. The van der Waals surface area contributed by atoms with Gasteiger partial charge in [0.25, 0.3) is 0 Å². The van der Waals surface area contributed by atoms with E-state index in [0.29, 0.717) is 37.4 Å². The predicted octanol–water partition coefficient (Wildman–Crippen LogP) is 1.35. The molecule has 11 nitrogen and oxygen atoms in total. The van der Waals surface area contributed by atoms with E-state index in [1.54, 1.807) is 38.3 Å². The highest BCUT2D eigenvalue weighted by Crippen LogP contribution is 2.21. The number of ether oxygens (including phenoxy) is 2. The van der Waals surface area contributed by atoms with Crippen LogP contribution in [0.2, 0.25) is 0 Å². The highest BCUT2D eigenvalue weighted by Gasteiger charge is 2.35. The minimum atomic E-state index is -0.884. The van der Waals surface area contributed by atoms with Crippen LogP contribution in [0.15, 0.2) is 48.5 Å². The second kappa shape index (κ2) is 13.1. The lowest BCUT2D eigenvalue weighted by molar-refractivity contribution is -0.145. The van der Waals surface area contributed by atoms with Gasteiger partial charge in [-0.3, -0.25) is 19.3 Å². The lowest BCUT2D eigenvalue weighted by atomic mass is 10.1. The van der Waals surface area contributed by atoms with Gasteiger partial charge >= 0.3 is 5.97 Å². The Bertz CT molecular complexity index is 1160. The molecule has 0 bridgehead atoms. The van der Waals surface area contributed by atoms with Crippen LogP contribution < -0.4 is 20.3 Å². The molecule has 3 amide bonds. The molecule has 0 saturated carbocycles. The summed E-state index contributed by atoms with van der Waals surface area (Å²) in [6, 6.07) is 13.3. The van der Waals surface area contributed by atoms with E-state index in [4.69, 9.17) is 9.47 Å². The zero-order valence-electron chi connectivity index (χ0n) is 22.4. The van der Waals surface area contributed by atoms with Crippen LogP contribution in [-0.2, 0) is 19.1 Å². The molecule has 39 heavy (non-hydrogen) atoms. The van der Waals surface area contributed by atoms with Gasteiger partial charge in [-0.2, -0.15) is 0 Å². The van der Waals surface area contributed by atoms with Gasteiger partial charge in [0.1, 0.15) is 11.8 Å². The number of nitrogens with one attached hydrogen (secondary N) is 2. The topological polar surface area (TPSA) is 121 Å². The summed E-state index contributed by atoms with van der Waals surface area (Å²) in [4.78, 5) is 56.3. The molecule has 0 radical (unpaired) electrons. The summed E-state index contributed by atoms with van der Waals surface area (Å²) in [5.41, 5.74) is 1.97. The number of methoxy groups -OCH3 is 1. The molecule has 2 aromatic carbocycles. The fourth-order valence-electron chi connectivity index (χ4n) is 4.75. The van der Waals surface area contributed by atoms with Gasteiger partial charge in [0.2, 0.25) is 17.7 Å². The third-order valence-corrected chi connectivity index (χ3v) is 6.88. The van der Waals surface area contributed by atoms with E-state index >= 15 is 0 Å². The van der Waals surface area contributed by atoms with Crippen molar-refractivity contribution in [2.24, 2.45) is 0 Å². The molecule has 0 aliphatic carbocycles. The molecule has 0 unspecified atom stereocenters. The Kier molecular flexibility index (Phi) is 9.37. The highest BCUT2D eigenvalue weighted by atomic mass is 16.5. The van der Waals surface area contributed by atoms with E-state index in [1.807, 2.05) is 24.3 Å². The van der Waals surface area contributed by atoms with E-state index in [1.165, 1.54) is 4.90 Å². The van der Waals surface area contributed by atoms with Crippen molar-refractivity contribution in [3.05, 3.63) is 54.1 Å². The SMILES string of the molecule is CCOC(=O)c1ccc(NC(=O)C[C@@H]2C(=O)NCCN2C(=O)CN2CCN(c3ccc(OC)cc3)CC2)cc1. The molecule has 2 aliphatic heterocycles. The second-order valence-corrected chi connectivity index (χ2v) is 9.41. The summed E-state index contributed by atoms with van der Waals surface area (Å²) < 4.78 is 10.2. The van der Waals surface area contributed by atoms with Gasteiger partial charge in [0.05, 0.1) is 32.2 Å². The van der Waals surface area contributed by atoms with Crippen molar-refractivity contribution in [1.29, 1.82) is 0 Å². The van der Waals surface area contributed by atoms with Crippen LogP contribution in [0.25, 0.3) is 0 Å². The zero-order valence-corrected chi connectivity index (χ0v) is 22.4. The summed E-state index contributed by atoms with van der Waals surface area (Å²) in [7, 11) is 1.64. The van der Waals surface area contributed by atoms with Gasteiger partial charge < -0.3 is 29.9 Å². The summed E-state index contributed by atoms with van der Waals surface area (Å²) >= 11 is 0. The molecule has 0 spiro atoms. The van der Waals surface area contributed by atoms with Gasteiger partial charge in [-0.1, -0.05) is 0 Å². The van der Waals surface area contributed by atoms with E-state index in [-0.39, 0.29) is 31.4 Å². The number of hydrogen-bond donors (Lipinski definition) is 2. The Hall–Kier alpha value is -4.12. The third kappa shape index (κ3) is 7.26. The number of carbonyl (C=O) groups is 4. The number of nitrogens with zero attached hydrogens (tertiary/aromatic N) is 3. The van der Waals surface area contributed by atoms with Crippen LogP contribution in [0, 0.1) is 0 Å². The molecule has 4 rings (SSSR count). The van der Waals surface area contributed by atoms with E-state index in [2.05, 4.69) is 20.4 Å². The lowest BCUT2D eigenvalue weighted by Crippen LogP contribution is -2.60. The number of esters is 1. The molecular formula is C28H35N5O6. The maximum absolute atomic E-state index is 13.2. The van der Waals surface area contributed by atoms with Crippen molar-refractivity contribution in [3.8, 4) is 5.75 Å². The first-order chi connectivity index (χ1) is 18.9. The average molecular weight is 538 g/mol. The molecular weight excluding hydrogens is 502 g/mol. The molecule has 1 atom stereocenters. The Morgan fingerprint density at radius 1 is 0.974 bits per heavy atom. The lowest BCUT2D eigenvalue weighted by Gasteiger charge is -2.39. The number of piperazine rings is 2. The maximum atomic E-state index is 13.2. The van der Waals surface area contributed by atoms with Crippen molar-refractivity contribution in [2.75, 3.05) is 69.7 Å². The van der Waals surface area contributed by atoms with E-state index in [0.717, 1.165) is 24.5 Å². The molecule has 0 aromatic heterocycles. The molecule has 11 heteroatoms. The smallest absolute Gasteiger partial charge is 0.338 e. The second-order valence-electron chi connectivity index (χ2n) is 9.41. The van der Waals surface area contributed by atoms with Gasteiger partial charge in [0.15, 0.2) is 0 Å². The Morgan fingerprint density at radius 3 is 2.31 bits per heavy atom. The van der Waals surface area contributed by atoms with Crippen molar-refractivity contribution < 1.29 is 28.7 Å². The molecule has 2 N–H and O–H groups in total. The molecule has 2 saturated heterocycles. The first kappa shape index (κ1) is 27.9. The van der Waals surface area contributed by atoms with Crippen LogP contribution >= 0.6 is 0 Å². The third-order valence-electron chi connectivity index (χ3n) is 6.88. The fourth-order valence-corrected chi connectivity index (χ4v) is 4.75.